The minimum absolute atomic E-state index is 0.105. The highest BCUT2D eigenvalue weighted by molar-refractivity contribution is 5.80. The van der Waals surface area contributed by atoms with Crippen LogP contribution in [0.15, 0.2) is 16.4 Å². The quantitative estimate of drug-likeness (QED) is 0.583. The summed E-state index contributed by atoms with van der Waals surface area (Å²) in [4.78, 5) is 4.03. The second-order valence-electron chi connectivity index (χ2n) is 4.20. The number of rotatable bonds is 0. The average Bonchev–Trinajstić information content (AvgIpc) is 2.37. The molecular weight excluding hydrogens is 221 g/mol. The Balaban J connectivity index is 2.36. The molecule has 0 aromatic rings. The summed E-state index contributed by atoms with van der Waals surface area (Å²) in [6, 6.07) is 0. The predicted octanol–water partition coefficient (Wildman–Crippen LogP) is 0.894. The molecule has 0 saturated heterocycles. The molecule has 0 radical (unpaired) electrons. The van der Waals surface area contributed by atoms with Crippen LogP contribution >= 0.6 is 0 Å². The molecule has 4 nitrogen and oxygen atoms in total. The fourth-order valence-electron chi connectivity index (χ4n) is 1.70. The monoisotopic (exact) mass is 234 g/mol. The molecule has 3 N–H and O–H groups in total. The number of hydrogen-bond acceptors (Lipinski definition) is 4. The van der Waals surface area contributed by atoms with E-state index in [2.05, 4.69) is 21.2 Å². The molecule has 90 valence electrons. The molecule has 2 aliphatic heterocycles. The molecule has 0 spiro atoms. The summed E-state index contributed by atoms with van der Waals surface area (Å²) in [6.07, 6.45) is -3.12. The highest BCUT2D eigenvalue weighted by Gasteiger charge is 2.57. The van der Waals surface area contributed by atoms with Gasteiger partial charge in [-0.3, -0.25) is 4.99 Å². The van der Waals surface area contributed by atoms with Crippen LogP contribution in [0.1, 0.15) is 13.8 Å². The van der Waals surface area contributed by atoms with Gasteiger partial charge in [-0.2, -0.15) is 13.2 Å². The van der Waals surface area contributed by atoms with Crippen LogP contribution in [0.4, 0.5) is 13.2 Å². The first-order valence-electron chi connectivity index (χ1n) is 4.95. The number of alkyl halides is 3. The van der Waals surface area contributed by atoms with Crippen molar-refractivity contribution in [1.29, 1.82) is 0 Å². The van der Waals surface area contributed by atoms with Gasteiger partial charge in [-0.15, -0.1) is 0 Å². The van der Waals surface area contributed by atoms with Crippen molar-refractivity contribution in [2.45, 2.75) is 26.2 Å². The molecule has 2 aliphatic rings. The maximum atomic E-state index is 13.0. The van der Waals surface area contributed by atoms with Gasteiger partial charge in [0.1, 0.15) is 11.6 Å². The Bertz CT molecular complexity index is 360. The van der Waals surface area contributed by atoms with Gasteiger partial charge in [0.05, 0.1) is 11.4 Å². The van der Waals surface area contributed by atoms with E-state index in [0.29, 0.717) is 5.70 Å². The van der Waals surface area contributed by atoms with E-state index in [1.807, 2.05) is 0 Å². The van der Waals surface area contributed by atoms with Gasteiger partial charge in [-0.05, 0) is 13.8 Å². The van der Waals surface area contributed by atoms with E-state index in [4.69, 9.17) is 0 Å². The third-order valence-corrected chi connectivity index (χ3v) is 2.91. The number of hydrazine groups is 1. The Morgan fingerprint density at radius 3 is 2.81 bits per heavy atom. The zero-order valence-electron chi connectivity index (χ0n) is 8.94. The van der Waals surface area contributed by atoms with Crippen LogP contribution in [0.5, 0.6) is 0 Å². The summed E-state index contributed by atoms with van der Waals surface area (Å²) in [6.45, 7) is 2.74. The Hall–Kier alpha value is -1.24. The maximum Gasteiger partial charge on any atom is 0.401 e. The number of nitrogens with zero attached hydrogens (tertiary/aromatic N) is 1. The van der Waals surface area contributed by atoms with Crippen molar-refractivity contribution in [2.24, 2.45) is 10.4 Å². The van der Waals surface area contributed by atoms with Crippen molar-refractivity contribution < 1.29 is 13.2 Å². The number of hydrogen-bond donors (Lipinski definition) is 3. The van der Waals surface area contributed by atoms with E-state index in [0.717, 1.165) is 0 Å². The lowest BCUT2D eigenvalue weighted by atomic mass is 9.88. The topological polar surface area (TPSA) is 48.5 Å². The summed E-state index contributed by atoms with van der Waals surface area (Å²) >= 11 is 0. The first-order chi connectivity index (χ1) is 7.34. The zero-order chi connectivity index (χ0) is 12.0. The van der Waals surface area contributed by atoms with Crippen molar-refractivity contribution in [1.82, 2.24) is 16.2 Å². The molecule has 0 bridgehead atoms. The van der Waals surface area contributed by atoms with Crippen LogP contribution in [-0.2, 0) is 0 Å². The van der Waals surface area contributed by atoms with Gasteiger partial charge in [0, 0.05) is 12.8 Å². The Labute approximate surface area is 91.0 Å². The fourth-order valence-corrected chi connectivity index (χ4v) is 1.70. The van der Waals surface area contributed by atoms with Gasteiger partial charge >= 0.3 is 6.18 Å². The third kappa shape index (κ3) is 1.55. The minimum Gasteiger partial charge on any atom is -0.381 e. The molecule has 0 fully saturated rings. The Morgan fingerprint density at radius 2 is 2.19 bits per heavy atom. The van der Waals surface area contributed by atoms with E-state index in [1.165, 1.54) is 13.1 Å². The summed E-state index contributed by atoms with van der Waals surface area (Å²) in [5.41, 5.74) is 3.92. The average molecular weight is 234 g/mol. The maximum absolute atomic E-state index is 13.0. The molecule has 2 rings (SSSR count). The second kappa shape index (κ2) is 3.38. The van der Waals surface area contributed by atoms with Crippen LogP contribution in [0, 0.1) is 5.41 Å². The molecule has 0 aromatic heterocycles. The molecule has 7 heteroatoms. The smallest absolute Gasteiger partial charge is 0.381 e. The Kier molecular flexibility index (Phi) is 2.37. The number of aliphatic imine (C=N–C) groups is 1. The lowest BCUT2D eigenvalue weighted by molar-refractivity contribution is -0.200. The molecule has 0 aliphatic carbocycles. The van der Waals surface area contributed by atoms with Gasteiger partial charge in [0.15, 0.2) is 0 Å². The highest BCUT2D eigenvalue weighted by Crippen LogP contribution is 2.45. The fraction of sp³-hybridized carbons (Fsp3) is 0.667. The van der Waals surface area contributed by atoms with E-state index in [1.54, 1.807) is 6.92 Å². The summed E-state index contributed by atoms with van der Waals surface area (Å²) in [5.74, 6) is 0. The molecule has 2 unspecified atom stereocenters. The number of allylic oxidation sites excluding steroid dienone is 1. The van der Waals surface area contributed by atoms with Crippen LogP contribution in [-0.4, -0.2) is 25.1 Å². The zero-order valence-corrected chi connectivity index (χ0v) is 8.94. The number of halogens is 3. The SMILES string of the molecule is CC1N=CC2=C(NN1)C(C)(C(F)(F)F)CN2. The standard InChI is InChI=1S/C9H13F3N4/c1-5-13-3-6-7(16-15-5)8(2,4-14-6)9(10,11)12/h3,5,14-16H,4H2,1-2H3. The van der Waals surface area contributed by atoms with Gasteiger partial charge in [0.25, 0.3) is 0 Å². The van der Waals surface area contributed by atoms with Gasteiger partial charge < -0.3 is 10.7 Å². The van der Waals surface area contributed by atoms with E-state index in [-0.39, 0.29) is 18.4 Å². The minimum atomic E-state index is -4.30. The summed E-state index contributed by atoms with van der Waals surface area (Å²) in [7, 11) is 0. The second-order valence-corrected chi connectivity index (χ2v) is 4.20. The molecule has 0 aromatic carbocycles. The first-order valence-corrected chi connectivity index (χ1v) is 4.95. The van der Waals surface area contributed by atoms with Crippen molar-refractivity contribution >= 4 is 6.21 Å². The molecule has 0 saturated carbocycles. The van der Waals surface area contributed by atoms with Gasteiger partial charge in [-0.1, -0.05) is 0 Å². The predicted molar refractivity (Wildman–Crippen MR) is 53.4 cm³/mol. The normalized spacial score (nSPS) is 34.2. The van der Waals surface area contributed by atoms with Crippen LogP contribution < -0.4 is 16.2 Å². The van der Waals surface area contributed by atoms with Crippen molar-refractivity contribution in [3.05, 3.63) is 11.4 Å². The van der Waals surface area contributed by atoms with E-state index in [9.17, 15) is 13.2 Å². The highest BCUT2D eigenvalue weighted by atomic mass is 19.4. The molecule has 2 atom stereocenters. The largest absolute Gasteiger partial charge is 0.401 e. The van der Waals surface area contributed by atoms with Crippen molar-refractivity contribution in [3.8, 4) is 0 Å². The van der Waals surface area contributed by atoms with E-state index < -0.39 is 11.6 Å². The van der Waals surface area contributed by atoms with Crippen molar-refractivity contribution in [3.63, 3.8) is 0 Å². The van der Waals surface area contributed by atoms with Crippen LogP contribution in [0.3, 0.4) is 0 Å². The summed E-state index contributed by atoms with van der Waals surface area (Å²) in [5, 5.41) is 2.72. The first kappa shape index (κ1) is 11.3. The van der Waals surface area contributed by atoms with Crippen molar-refractivity contribution in [2.75, 3.05) is 6.54 Å². The molecule has 2 heterocycles. The third-order valence-electron chi connectivity index (χ3n) is 2.91. The van der Waals surface area contributed by atoms with Gasteiger partial charge in [-0.25, -0.2) is 5.43 Å². The van der Waals surface area contributed by atoms with Crippen LogP contribution in [0.2, 0.25) is 0 Å². The lowest BCUT2D eigenvalue weighted by Crippen LogP contribution is -2.47. The number of nitrogens with one attached hydrogen (secondary N) is 3. The van der Waals surface area contributed by atoms with Crippen LogP contribution in [0.25, 0.3) is 0 Å². The Morgan fingerprint density at radius 1 is 1.50 bits per heavy atom. The molecule has 16 heavy (non-hydrogen) atoms. The lowest BCUT2D eigenvalue weighted by Gasteiger charge is -2.30. The van der Waals surface area contributed by atoms with E-state index >= 15 is 0 Å². The molecular formula is C9H13F3N4. The van der Waals surface area contributed by atoms with Gasteiger partial charge in [0.2, 0.25) is 0 Å². The molecule has 0 amide bonds. The summed E-state index contributed by atoms with van der Waals surface area (Å²) < 4.78 is 38.9.